The normalized spacial score (nSPS) is 10.3. The van der Waals surface area contributed by atoms with Crippen LogP contribution in [0.4, 0.5) is 0 Å². The molecule has 0 radical (unpaired) electrons. The highest BCUT2D eigenvalue weighted by Gasteiger charge is 2.00. The van der Waals surface area contributed by atoms with Crippen LogP contribution in [0.1, 0.15) is 12.0 Å². The minimum absolute atomic E-state index is 0.728. The number of nitrogens with zero attached hydrogens (tertiary/aromatic N) is 2. The molecule has 0 bridgehead atoms. The van der Waals surface area contributed by atoms with Gasteiger partial charge in [-0.25, -0.2) is 9.97 Å². The van der Waals surface area contributed by atoms with Crippen molar-refractivity contribution in [1.82, 2.24) is 9.97 Å². The van der Waals surface area contributed by atoms with Crippen molar-refractivity contribution >= 4 is 0 Å². The van der Waals surface area contributed by atoms with Crippen molar-refractivity contribution in [3.63, 3.8) is 0 Å². The number of aromatic nitrogens is 2. The molecule has 2 N–H and O–H groups in total. The fourth-order valence-electron chi connectivity index (χ4n) is 1.62. The number of rotatable bonds is 4. The highest BCUT2D eigenvalue weighted by Crippen LogP contribution is 2.16. The van der Waals surface area contributed by atoms with E-state index in [1.165, 1.54) is 5.56 Å². The van der Waals surface area contributed by atoms with Gasteiger partial charge in [-0.1, -0.05) is 18.2 Å². The summed E-state index contributed by atoms with van der Waals surface area (Å²) in [4.78, 5) is 8.47. The van der Waals surface area contributed by atoms with E-state index in [1.807, 2.05) is 18.2 Å². The van der Waals surface area contributed by atoms with Crippen LogP contribution in [0.25, 0.3) is 11.4 Å². The molecule has 0 saturated carbocycles. The average Bonchev–Trinajstić information content (AvgIpc) is 2.38. The molecule has 1 heterocycles. The van der Waals surface area contributed by atoms with Crippen LogP contribution in [0, 0.1) is 0 Å². The standard InChI is InChI=1S/C13H15N3/c14-7-2-5-11-4-1-6-12(10-11)13-15-8-3-9-16-13/h1,3-4,6,8-10H,2,5,7,14H2. The third-order valence-corrected chi connectivity index (χ3v) is 2.42. The predicted molar refractivity (Wildman–Crippen MR) is 64.8 cm³/mol. The molecular weight excluding hydrogens is 198 g/mol. The molecule has 2 rings (SSSR count). The number of aryl methyl sites for hydroxylation is 1. The van der Waals surface area contributed by atoms with Gasteiger partial charge in [-0.3, -0.25) is 0 Å². The second-order valence-electron chi connectivity index (χ2n) is 3.67. The van der Waals surface area contributed by atoms with E-state index < -0.39 is 0 Å². The van der Waals surface area contributed by atoms with Crippen molar-refractivity contribution in [2.45, 2.75) is 12.8 Å². The maximum Gasteiger partial charge on any atom is 0.159 e. The second-order valence-corrected chi connectivity index (χ2v) is 3.67. The molecule has 2 aromatic rings. The molecule has 3 heteroatoms. The molecule has 1 aromatic carbocycles. The number of hydrogen-bond donors (Lipinski definition) is 1. The Labute approximate surface area is 95.4 Å². The van der Waals surface area contributed by atoms with Crippen molar-refractivity contribution in [3.8, 4) is 11.4 Å². The van der Waals surface area contributed by atoms with Crippen LogP contribution in [0.2, 0.25) is 0 Å². The zero-order valence-electron chi connectivity index (χ0n) is 9.13. The highest BCUT2D eigenvalue weighted by molar-refractivity contribution is 5.55. The van der Waals surface area contributed by atoms with Crippen molar-refractivity contribution in [1.29, 1.82) is 0 Å². The van der Waals surface area contributed by atoms with E-state index >= 15 is 0 Å². The van der Waals surface area contributed by atoms with Crippen LogP contribution < -0.4 is 5.73 Å². The van der Waals surface area contributed by atoms with Gasteiger partial charge < -0.3 is 5.73 Å². The van der Waals surface area contributed by atoms with Gasteiger partial charge in [0.15, 0.2) is 5.82 Å². The molecule has 3 nitrogen and oxygen atoms in total. The predicted octanol–water partition coefficient (Wildman–Crippen LogP) is 2.03. The zero-order valence-corrected chi connectivity index (χ0v) is 9.13. The van der Waals surface area contributed by atoms with Gasteiger partial charge in [-0.15, -0.1) is 0 Å². The lowest BCUT2D eigenvalue weighted by molar-refractivity contribution is 0.833. The van der Waals surface area contributed by atoms with Gasteiger partial charge in [0.1, 0.15) is 0 Å². The fraction of sp³-hybridized carbons (Fsp3) is 0.231. The number of benzene rings is 1. The van der Waals surface area contributed by atoms with Gasteiger partial charge >= 0.3 is 0 Å². The van der Waals surface area contributed by atoms with Crippen LogP contribution in [0.15, 0.2) is 42.7 Å². The Hall–Kier alpha value is -1.74. The van der Waals surface area contributed by atoms with Gasteiger partial charge in [0, 0.05) is 18.0 Å². The van der Waals surface area contributed by atoms with Gasteiger partial charge in [0.2, 0.25) is 0 Å². The van der Waals surface area contributed by atoms with E-state index in [0.717, 1.165) is 30.8 Å². The van der Waals surface area contributed by atoms with E-state index in [-0.39, 0.29) is 0 Å². The summed E-state index contributed by atoms with van der Waals surface area (Å²) in [7, 11) is 0. The third kappa shape index (κ3) is 2.64. The lowest BCUT2D eigenvalue weighted by atomic mass is 10.1. The minimum atomic E-state index is 0.728. The van der Waals surface area contributed by atoms with Gasteiger partial charge in [-0.2, -0.15) is 0 Å². The fourth-order valence-corrected chi connectivity index (χ4v) is 1.62. The smallest absolute Gasteiger partial charge is 0.159 e. The molecule has 0 atom stereocenters. The maximum absolute atomic E-state index is 5.50. The Morgan fingerprint density at radius 1 is 1.06 bits per heavy atom. The zero-order chi connectivity index (χ0) is 11.2. The SMILES string of the molecule is NCCCc1cccc(-c2ncccn2)c1. The molecule has 0 spiro atoms. The number of hydrogen-bond acceptors (Lipinski definition) is 3. The third-order valence-electron chi connectivity index (χ3n) is 2.42. The molecular formula is C13H15N3. The first-order valence-corrected chi connectivity index (χ1v) is 5.46. The highest BCUT2D eigenvalue weighted by atomic mass is 14.8. The van der Waals surface area contributed by atoms with Crippen molar-refractivity contribution in [3.05, 3.63) is 48.3 Å². The second kappa shape index (κ2) is 5.37. The van der Waals surface area contributed by atoms with E-state index in [9.17, 15) is 0 Å². The van der Waals surface area contributed by atoms with Crippen LogP contribution in [-0.4, -0.2) is 16.5 Å². The van der Waals surface area contributed by atoms with Gasteiger partial charge in [0.25, 0.3) is 0 Å². The van der Waals surface area contributed by atoms with E-state index in [0.29, 0.717) is 0 Å². The maximum atomic E-state index is 5.50. The van der Waals surface area contributed by atoms with Gasteiger partial charge in [0.05, 0.1) is 0 Å². The van der Waals surface area contributed by atoms with Crippen molar-refractivity contribution in [2.24, 2.45) is 5.73 Å². The van der Waals surface area contributed by atoms with E-state index in [2.05, 4.69) is 22.1 Å². The summed E-state index contributed by atoms with van der Waals surface area (Å²) in [6.45, 7) is 0.728. The molecule has 82 valence electrons. The average molecular weight is 213 g/mol. The summed E-state index contributed by atoms with van der Waals surface area (Å²) in [5.41, 5.74) is 7.85. The quantitative estimate of drug-likeness (QED) is 0.845. The molecule has 0 aliphatic rings. The Morgan fingerprint density at radius 3 is 2.62 bits per heavy atom. The molecule has 0 aliphatic heterocycles. The first-order valence-electron chi connectivity index (χ1n) is 5.46. The van der Waals surface area contributed by atoms with E-state index in [1.54, 1.807) is 12.4 Å². The van der Waals surface area contributed by atoms with Crippen LogP contribution in [0.3, 0.4) is 0 Å². The Kier molecular flexibility index (Phi) is 3.62. The first kappa shape index (κ1) is 10.8. The Bertz CT molecular complexity index is 440. The van der Waals surface area contributed by atoms with Crippen LogP contribution in [0.5, 0.6) is 0 Å². The summed E-state index contributed by atoms with van der Waals surface area (Å²) in [5, 5.41) is 0. The van der Waals surface area contributed by atoms with Crippen molar-refractivity contribution in [2.75, 3.05) is 6.54 Å². The topological polar surface area (TPSA) is 51.8 Å². The summed E-state index contributed by atoms with van der Waals surface area (Å²) in [6, 6.07) is 10.1. The summed E-state index contributed by atoms with van der Waals surface area (Å²) >= 11 is 0. The van der Waals surface area contributed by atoms with Gasteiger partial charge in [-0.05, 0) is 37.1 Å². The van der Waals surface area contributed by atoms with E-state index in [4.69, 9.17) is 5.73 Å². The molecule has 0 unspecified atom stereocenters. The van der Waals surface area contributed by atoms with Crippen LogP contribution in [-0.2, 0) is 6.42 Å². The molecule has 16 heavy (non-hydrogen) atoms. The number of nitrogens with two attached hydrogens (primary N) is 1. The summed E-state index contributed by atoms with van der Waals surface area (Å²) in [6.07, 6.45) is 5.54. The molecule has 1 aromatic heterocycles. The monoisotopic (exact) mass is 213 g/mol. The molecule has 0 fully saturated rings. The first-order chi connectivity index (χ1) is 7.90. The van der Waals surface area contributed by atoms with Crippen molar-refractivity contribution < 1.29 is 0 Å². The Balaban J connectivity index is 2.22. The lowest BCUT2D eigenvalue weighted by Gasteiger charge is -2.03. The van der Waals surface area contributed by atoms with Crippen LogP contribution >= 0.6 is 0 Å². The lowest BCUT2D eigenvalue weighted by Crippen LogP contribution is -2.00. The molecule has 0 amide bonds. The Morgan fingerprint density at radius 2 is 1.88 bits per heavy atom. The summed E-state index contributed by atoms with van der Waals surface area (Å²) in [5.74, 6) is 0.775. The molecule has 0 aliphatic carbocycles. The molecule has 0 saturated heterocycles. The summed E-state index contributed by atoms with van der Waals surface area (Å²) < 4.78 is 0. The largest absolute Gasteiger partial charge is 0.330 e. The minimum Gasteiger partial charge on any atom is -0.330 e.